The Balaban J connectivity index is 2.17. The van der Waals surface area contributed by atoms with E-state index >= 15 is 0 Å². The molecule has 0 fully saturated rings. The molecule has 17 heavy (non-hydrogen) atoms. The van der Waals surface area contributed by atoms with Gasteiger partial charge in [-0.15, -0.1) is 11.3 Å². The third-order valence-electron chi connectivity index (χ3n) is 2.53. The zero-order chi connectivity index (χ0) is 12.4. The van der Waals surface area contributed by atoms with Crippen LogP contribution in [0.2, 0.25) is 0 Å². The molecule has 0 N–H and O–H groups in total. The maximum atomic E-state index is 12.1. The summed E-state index contributed by atoms with van der Waals surface area (Å²) >= 11 is 3.82. The van der Waals surface area contributed by atoms with Gasteiger partial charge >= 0.3 is 0 Å². The zero-order valence-electron chi connectivity index (χ0n) is 9.66. The topological polar surface area (TPSA) is 30.0 Å². The van der Waals surface area contributed by atoms with E-state index in [4.69, 9.17) is 0 Å². The predicted octanol–water partition coefficient (Wildman–Crippen LogP) is 3.79. The quantitative estimate of drug-likeness (QED) is 0.618. The summed E-state index contributed by atoms with van der Waals surface area (Å²) in [6.45, 7) is 4.01. The van der Waals surface area contributed by atoms with Gasteiger partial charge in [0.25, 0.3) is 0 Å². The molecule has 0 atom stereocenters. The Morgan fingerprint density at radius 3 is 2.76 bits per heavy atom. The minimum atomic E-state index is 0.136. The van der Waals surface area contributed by atoms with Crippen LogP contribution in [-0.2, 0) is 6.42 Å². The third-order valence-corrected chi connectivity index (χ3v) is 4.28. The van der Waals surface area contributed by atoms with E-state index in [1.54, 1.807) is 11.3 Å². The second-order valence-corrected chi connectivity index (χ2v) is 6.39. The van der Waals surface area contributed by atoms with Crippen molar-refractivity contribution in [3.8, 4) is 0 Å². The first-order valence-electron chi connectivity index (χ1n) is 5.28. The number of hydrogen-bond donors (Lipinski definition) is 0. The first kappa shape index (κ1) is 12.7. The molecule has 1 aromatic heterocycles. The minimum Gasteiger partial charge on any atom is -0.294 e. The van der Waals surface area contributed by atoms with Crippen molar-refractivity contribution < 1.29 is 4.79 Å². The van der Waals surface area contributed by atoms with Crippen molar-refractivity contribution in [1.82, 2.24) is 4.98 Å². The van der Waals surface area contributed by atoms with Crippen LogP contribution >= 0.6 is 33.9 Å². The number of aromatic nitrogens is 1. The number of thiazole rings is 1. The molecule has 0 bridgehead atoms. The second kappa shape index (κ2) is 5.27. The standard InChI is InChI=1S/C13H12INOS/c1-8-9(2)17-13(15-8)7-12(16)10-4-3-5-11(14)6-10/h3-6H,7H2,1-2H3. The van der Waals surface area contributed by atoms with Gasteiger partial charge in [0.15, 0.2) is 5.78 Å². The molecule has 0 radical (unpaired) electrons. The number of Topliss-reactive ketones (excluding diaryl/α,β-unsaturated/α-hetero) is 1. The highest BCUT2D eigenvalue weighted by Crippen LogP contribution is 2.18. The van der Waals surface area contributed by atoms with Crippen LogP contribution in [0.15, 0.2) is 24.3 Å². The number of hydrogen-bond acceptors (Lipinski definition) is 3. The summed E-state index contributed by atoms with van der Waals surface area (Å²) in [5.41, 5.74) is 1.79. The van der Waals surface area contributed by atoms with Gasteiger partial charge in [0.2, 0.25) is 0 Å². The molecule has 0 aliphatic heterocycles. The predicted molar refractivity (Wildman–Crippen MR) is 78.8 cm³/mol. The summed E-state index contributed by atoms with van der Waals surface area (Å²) in [7, 11) is 0. The second-order valence-electron chi connectivity index (χ2n) is 3.86. The Kier molecular flexibility index (Phi) is 3.93. The van der Waals surface area contributed by atoms with Crippen LogP contribution in [0.25, 0.3) is 0 Å². The van der Waals surface area contributed by atoms with Gasteiger partial charge in [-0.3, -0.25) is 4.79 Å². The average molecular weight is 357 g/mol. The van der Waals surface area contributed by atoms with Crippen LogP contribution in [0.1, 0.15) is 25.9 Å². The summed E-state index contributed by atoms with van der Waals surface area (Å²) in [6.07, 6.45) is 0.402. The number of aryl methyl sites for hydroxylation is 2. The molecule has 2 rings (SSSR count). The lowest BCUT2D eigenvalue weighted by atomic mass is 10.1. The fraction of sp³-hybridized carbons (Fsp3) is 0.231. The van der Waals surface area contributed by atoms with Gasteiger partial charge in [0.05, 0.1) is 12.1 Å². The molecule has 0 unspecified atom stereocenters. The van der Waals surface area contributed by atoms with E-state index in [1.165, 1.54) is 4.88 Å². The summed E-state index contributed by atoms with van der Waals surface area (Å²) in [4.78, 5) is 17.6. The van der Waals surface area contributed by atoms with Crippen LogP contribution in [0.5, 0.6) is 0 Å². The van der Waals surface area contributed by atoms with E-state index in [0.717, 1.165) is 19.8 Å². The van der Waals surface area contributed by atoms with E-state index in [0.29, 0.717) is 6.42 Å². The molecule has 2 aromatic rings. The normalized spacial score (nSPS) is 10.5. The van der Waals surface area contributed by atoms with Crippen LogP contribution in [0, 0.1) is 17.4 Å². The van der Waals surface area contributed by atoms with Crippen LogP contribution in [0.4, 0.5) is 0 Å². The van der Waals surface area contributed by atoms with Crippen molar-refractivity contribution in [3.63, 3.8) is 0 Å². The Morgan fingerprint density at radius 2 is 2.18 bits per heavy atom. The number of carbonyl (C=O) groups excluding carboxylic acids is 1. The van der Waals surface area contributed by atoms with Gasteiger partial charge in [-0.05, 0) is 48.6 Å². The van der Waals surface area contributed by atoms with Crippen molar-refractivity contribution in [2.75, 3.05) is 0 Å². The van der Waals surface area contributed by atoms with Gasteiger partial charge in [-0.1, -0.05) is 12.1 Å². The molecule has 0 aliphatic carbocycles. The smallest absolute Gasteiger partial charge is 0.169 e. The number of nitrogens with zero attached hydrogens (tertiary/aromatic N) is 1. The first-order chi connectivity index (χ1) is 8.06. The number of rotatable bonds is 3. The minimum absolute atomic E-state index is 0.136. The van der Waals surface area contributed by atoms with E-state index < -0.39 is 0 Å². The zero-order valence-corrected chi connectivity index (χ0v) is 12.6. The fourth-order valence-corrected chi connectivity index (χ4v) is 2.99. The first-order valence-corrected chi connectivity index (χ1v) is 7.17. The molecular formula is C13H12INOS. The highest BCUT2D eigenvalue weighted by Gasteiger charge is 2.11. The van der Waals surface area contributed by atoms with Crippen molar-refractivity contribution in [3.05, 3.63) is 49.0 Å². The van der Waals surface area contributed by atoms with E-state index in [1.807, 2.05) is 38.1 Å². The van der Waals surface area contributed by atoms with Crippen molar-refractivity contribution in [1.29, 1.82) is 0 Å². The van der Waals surface area contributed by atoms with E-state index in [2.05, 4.69) is 27.6 Å². The molecule has 4 heteroatoms. The highest BCUT2D eigenvalue weighted by atomic mass is 127. The maximum absolute atomic E-state index is 12.1. The van der Waals surface area contributed by atoms with Gasteiger partial charge < -0.3 is 0 Å². The molecule has 0 aliphatic rings. The molecule has 1 heterocycles. The molecule has 2 nitrogen and oxygen atoms in total. The molecule has 0 amide bonds. The largest absolute Gasteiger partial charge is 0.294 e. The molecule has 0 saturated carbocycles. The van der Waals surface area contributed by atoms with Crippen LogP contribution in [0.3, 0.4) is 0 Å². The molecule has 88 valence electrons. The monoisotopic (exact) mass is 357 g/mol. The number of carbonyl (C=O) groups is 1. The SMILES string of the molecule is Cc1nc(CC(=O)c2cccc(I)c2)sc1C. The lowest BCUT2D eigenvalue weighted by Gasteiger charge is -1.99. The van der Waals surface area contributed by atoms with E-state index in [-0.39, 0.29) is 5.78 Å². The fourth-order valence-electron chi connectivity index (χ4n) is 1.52. The molecular weight excluding hydrogens is 345 g/mol. The summed E-state index contributed by atoms with van der Waals surface area (Å²) in [5.74, 6) is 0.136. The number of ketones is 1. The van der Waals surface area contributed by atoms with Gasteiger partial charge in [0.1, 0.15) is 5.01 Å². The van der Waals surface area contributed by atoms with Crippen LogP contribution < -0.4 is 0 Å². The number of halogens is 1. The summed E-state index contributed by atoms with van der Waals surface area (Å²) in [5, 5.41) is 0.906. The Labute approximate surface area is 118 Å². The highest BCUT2D eigenvalue weighted by molar-refractivity contribution is 14.1. The van der Waals surface area contributed by atoms with Crippen molar-refractivity contribution in [2.24, 2.45) is 0 Å². The van der Waals surface area contributed by atoms with E-state index in [9.17, 15) is 4.79 Å². The average Bonchev–Trinajstić information content (AvgIpc) is 2.58. The third kappa shape index (κ3) is 3.13. The van der Waals surface area contributed by atoms with Gasteiger partial charge in [0, 0.05) is 14.0 Å². The van der Waals surface area contributed by atoms with Crippen molar-refractivity contribution >= 4 is 39.7 Å². The Morgan fingerprint density at radius 1 is 1.41 bits per heavy atom. The Hall–Kier alpha value is -0.750. The molecule has 0 saturated heterocycles. The summed E-state index contributed by atoms with van der Waals surface area (Å²) < 4.78 is 1.08. The summed E-state index contributed by atoms with van der Waals surface area (Å²) in [6, 6.07) is 7.66. The maximum Gasteiger partial charge on any atom is 0.169 e. The van der Waals surface area contributed by atoms with Crippen molar-refractivity contribution in [2.45, 2.75) is 20.3 Å². The lowest BCUT2D eigenvalue weighted by molar-refractivity contribution is 0.0993. The molecule has 1 aromatic carbocycles. The van der Waals surface area contributed by atoms with Gasteiger partial charge in [-0.25, -0.2) is 4.98 Å². The molecule has 0 spiro atoms. The number of benzene rings is 1. The Bertz CT molecular complexity index is 543. The van der Waals surface area contributed by atoms with Gasteiger partial charge in [-0.2, -0.15) is 0 Å². The van der Waals surface area contributed by atoms with Crippen LogP contribution in [-0.4, -0.2) is 10.8 Å². The lowest BCUT2D eigenvalue weighted by Crippen LogP contribution is -2.03.